The van der Waals surface area contributed by atoms with Crippen LogP contribution in [0.3, 0.4) is 0 Å². The fraction of sp³-hybridized carbons (Fsp3) is 0.691. The average Bonchev–Trinajstić information content (AvgIpc) is 3.24. The van der Waals surface area contributed by atoms with Crippen LogP contribution in [-0.2, 0) is 28.6 Å². The molecule has 0 saturated carbocycles. The molecule has 0 bridgehead atoms. The van der Waals surface area contributed by atoms with E-state index in [0.29, 0.717) is 19.3 Å². The second-order valence-corrected chi connectivity index (χ2v) is 17.7. The molecule has 0 fully saturated rings. The van der Waals surface area contributed by atoms with E-state index in [1.54, 1.807) is 0 Å². The van der Waals surface area contributed by atoms with Crippen molar-refractivity contribution in [2.75, 3.05) is 41.0 Å². The zero-order chi connectivity index (χ0) is 46.3. The highest BCUT2D eigenvalue weighted by molar-refractivity contribution is 5.72. The minimum Gasteiger partial charge on any atom is -0.477 e. The molecule has 0 aliphatic carbocycles. The first-order valence-electron chi connectivity index (χ1n) is 25.1. The summed E-state index contributed by atoms with van der Waals surface area (Å²) in [5.41, 5.74) is 0. The fourth-order valence-electron chi connectivity index (χ4n) is 6.98. The number of esters is 2. The van der Waals surface area contributed by atoms with Gasteiger partial charge in [0.25, 0.3) is 0 Å². The Morgan fingerprint density at radius 1 is 0.476 bits per heavy atom. The minimum atomic E-state index is -0.880. The van der Waals surface area contributed by atoms with Crippen molar-refractivity contribution in [1.29, 1.82) is 0 Å². The monoisotopic (exact) mass is 881 g/mol. The molecule has 1 N–H and O–H groups in total. The van der Waals surface area contributed by atoms with Gasteiger partial charge < -0.3 is 23.8 Å². The van der Waals surface area contributed by atoms with E-state index in [1.807, 2.05) is 21.1 Å². The topological polar surface area (TPSA) is 99.1 Å². The van der Waals surface area contributed by atoms with Crippen LogP contribution in [-0.4, -0.2) is 80.6 Å². The predicted molar refractivity (Wildman–Crippen MR) is 266 cm³/mol. The maximum absolute atomic E-state index is 12.8. The molecule has 0 amide bonds. The van der Waals surface area contributed by atoms with Crippen LogP contribution in [0.5, 0.6) is 0 Å². The predicted octanol–water partition coefficient (Wildman–Crippen LogP) is 14.5. The molecule has 0 aromatic heterocycles. The minimum absolute atomic E-state index is 0.0511. The van der Waals surface area contributed by atoms with Gasteiger partial charge in [0.15, 0.2) is 12.1 Å². The van der Waals surface area contributed by atoms with Gasteiger partial charge in [-0.05, 0) is 83.5 Å². The number of rotatable bonds is 44. The molecule has 2 unspecified atom stereocenters. The Hall–Kier alpha value is -3.49. The Bertz CT molecular complexity index is 1300. The molecule has 8 nitrogen and oxygen atoms in total. The number of ether oxygens (including phenoxy) is 3. The molecule has 0 aliphatic rings. The number of carbonyl (C=O) groups excluding carboxylic acids is 2. The lowest BCUT2D eigenvalue weighted by molar-refractivity contribution is -0.887. The van der Waals surface area contributed by atoms with Crippen molar-refractivity contribution >= 4 is 17.9 Å². The van der Waals surface area contributed by atoms with Crippen molar-refractivity contribution in [2.45, 2.75) is 206 Å². The van der Waals surface area contributed by atoms with Crippen LogP contribution in [0.4, 0.5) is 0 Å². The number of carbonyl (C=O) groups is 3. The Morgan fingerprint density at radius 2 is 0.841 bits per heavy atom. The summed E-state index contributed by atoms with van der Waals surface area (Å²) in [4.78, 5) is 37.1. The summed E-state index contributed by atoms with van der Waals surface area (Å²) < 4.78 is 17.3. The van der Waals surface area contributed by atoms with E-state index in [-0.39, 0.29) is 36.2 Å². The highest BCUT2D eigenvalue weighted by Gasteiger charge is 2.31. The summed E-state index contributed by atoms with van der Waals surface area (Å²) >= 11 is 0. The summed E-state index contributed by atoms with van der Waals surface area (Å²) in [5, 5.41) is 9.65. The fourth-order valence-corrected chi connectivity index (χ4v) is 6.98. The van der Waals surface area contributed by atoms with Gasteiger partial charge in [-0.25, -0.2) is 4.79 Å². The normalized spacial score (nSPS) is 13.6. The zero-order valence-corrected chi connectivity index (χ0v) is 41.0. The summed E-state index contributed by atoms with van der Waals surface area (Å²) in [6, 6.07) is -0.622. The van der Waals surface area contributed by atoms with Gasteiger partial charge in [0.1, 0.15) is 6.61 Å². The molecule has 0 rings (SSSR count). The molecule has 2 atom stereocenters. The first kappa shape index (κ1) is 59.5. The SMILES string of the molecule is CC/C=C/C/C=C/C/C=C/C/C=C/CCCCCCCCCCCCC(=O)OC(COCCC(C(=O)O)[N+](C)(C)C)COC(=O)CCCCCCCC/C=C/C/C=C/C/C=C/CC. The van der Waals surface area contributed by atoms with Crippen molar-refractivity contribution in [3.05, 3.63) is 85.1 Å². The number of aliphatic carboxylic acids is 1. The van der Waals surface area contributed by atoms with Gasteiger partial charge in [-0.3, -0.25) is 9.59 Å². The molecule has 8 heteroatoms. The number of carboxylic acid groups (broad SMARTS) is 1. The number of hydrogen-bond acceptors (Lipinski definition) is 6. The van der Waals surface area contributed by atoms with Crippen LogP contribution >= 0.6 is 0 Å². The molecule has 63 heavy (non-hydrogen) atoms. The van der Waals surface area contributed by atoms with E-state index >= 15 is 0 Å². The largest absolute Gasteiger partial charge is 0.477 e. The smallest absolute Gasteiger partial charge is 0.362 e. The van der Waals surface area contributed by atoms with Crippen molar-refractivity contribution in [3.8, 4) is 0 Å². The van der Waals surface area contributed by atoms with E-state index in [4.69, 9.17) is 14.2 Å². The second-order valence-electron chi connectivity index (χ2n) is 17.7. The number of carboxylic acids is 1. The van der Waals surface area contributed by atoms with Crippen LogP contribution in [0.15, 0.2) is 85.1 Å². The number of allylic oxidation sites excluding steroid dienone is 14. The molecular formula is C55H94NO7+. The summed E-state index contributed by atoms with van der Waals surface area (Å²) in [5.74, 6) is -1.49. The molecule has 360 valence electrons. The van der Waals surface area contributed by atoms with Crippen LogP contribution in [0, 0.1) is 0 Å². The Morgan fingerprint density at radius 3 is 1.24 bits per heavy atom. The van der Waals surface area contributed by atoms with Gasteiger partial charge in [-0.15, -0.1) is 0 Å². The van der Waals surface area contributed by atoms with Gasteiger partial charge >= 0.3 is 17.9 Å². The van der Waals surface area contributed by atoms with Crippen molar-refractivity contribution < 1.29 is 38.2 Å². The van der Waals surface area contributed by atoms with Gasteiger partial charge in [-0.2, -0.15) is 0 Å². The van der Waals surface area contributed by atoms with Crippen LogP contribution in [0.1, 0.15) is 194 Å². The lowest BCUT2D eigenvalue weighted by atomic mass is 10.0. The third kappa shape index (κ3) is 43.5. The second kappa shape index (κ2) is 45.1. The van der Waals surface area contributed by atoms with Gasteiger partial charge in [0.2, 0.25) is 0 Å². The number of nitrogens with zero attached hydrogens (tertiary/aromatic N) is 1. The van der Waals surface area contributed by atoms with E-state index in [0.717, 1.165) is 96.3 Å². The average molecular weight is 881 g/mol. The Balaban J connectivity index is 4.27. The maximum Gasteiger partial charge on any atom is 0.362 e. The van der Waals surface area contributed by atoms with Crippen molar-refractivity contribution in [1.82, 2.24) is 0 Å². The number of hydrogen-bond donors (Lipinski definition) is 1. The molecule has 0 radical (unpaired) electrons. The molecular weight excluding hydrogens is 787 g/mol. The lowest BCUT2D eigenvalue weighted by Gasteiger charge is -2.31. The molecule has 0 spiro atoms. The molecule has 0 heterocycles. The quantitative estimate of drug-likeness (QED) is 0.0282. The Kier molecular flexibility index (Phi) is 42.6. The standard InChI is InChI=1S/C55H93NO7/c1-6-8-10-12-14-16-18-20-22-24-25-26-27-28-29-30-32-34-36-38-40-42-44-46-54(58)63-51(49-61-48-47-52(55(59)60)56(3,4)5)50-62-53(57)45-43-41-39-37-35-33-31-23-21-19-17-15-13-11-9-7-2/h8-11,14-17,20-23,25-26,51-52H,6-7,12-13,18-19,24,27-50H2,1-5H3/p+1/b10-8+,11-9+,16-14+,17-15+,22-20+,23-21+,26-25+. The first-order valence-corrected chi connectivity index (χ1v) is 25.1. The number of quaternary nitrogens is 1. The highest BCUT2D eigenvalue weighted by Crippen LogP contribution is 2.15. The maximum atomic E-state index is 12.8. The zero-order valence-electron chi connectivity index (χ0n) is 41.0. The molecule has 0 aromatic carbocycles. The summed E-state index contributed by atoms with van der Waals surface area (Å²) in [6.07, 6.45) is 59.1. The summed E-state index contributed by atoms with van der Waals surface area (Å²) in [7, 11) is 5.52. The van der Waals surface area contributed by atoms with Gasteiger partial charge in [0.05, 0.1) is 34.4 Å². The van der Waals surface area contributed by atoms with E-state index in [1.165, 1.54) is 64.2 Å². The number of likely N-dealkylation sites (N-methyl/N-ethyl adjacent to an activating group) is 1. The lowest BCUT2D eigenvalue weighted by Crippen LogP contribution is -2.50. The Labute approximate surface area is 386 Å². The van der Waals surface area contributed by atoms with Crippen LogP contribution < -0.4 is 0 Å². The molecule has 0 aromatic rings. The highest BCUT2D eigenvalue weighted by atomic mass is 16.6. The van der Waals surface area contributed by atoms with E-state index in [2.05, 4.69) is 98.9 Å². The summed E-state index contributed by atoms with van der Waals surface area (Å²) in [6.45, 7) is 4.50. The molecule has 0 saturated heterocycles. The van der Waals surface area contributed by atoms with Crippen molar-refractivity contribution in [2.24, 2.45) is 0 Å². The van der Waals surface area contributed by atoms with Gasteiger partial charge in [0, 0.05) is 19.3 Å². The van der Waals surface area contributed by atoms with Crippen molar-refractivity contribution in [3.63, 3.8) is 0 Å². The van der Waals surface area contributed by atoms with Crippen LogP contribution in [0.25, 0.3) is 0 Å². The third-order valence-corrected chi connectivity index (χ3v) is 10.8. The molecule has 0 aliphatic heterocycles. The van der Waals surface area contributed by atoms with E-state index in [9.17, 15) is 19.5 Å². The van der Waals surface area contributed by atoms with Crippen LogP contribution in [0.2, 0.25) is 0 Å². The van der Waals surface area contributed by atoms with Gasteiger partial charge in [-0.1, -0.05) is 176 Å². The number of unbranched alkanes of at least 4 members (excludes halogenated alkanes) is 16. The third-order valence-electron chi connectivity index (χ3n) is 10.8. The van der Waals surface area contributed by atoms with E-state index < -0.39 is 18.1 Å². The first-order chi connectivity index (χ1) is 30.6.